The van der Waals surface area contributed by atoms with E-state index in [-0.39, 0.29) is 5.91 Å². The van der Waals surface area contributed by atoms with E-state index >= 15 is 0 Å². The lowest BCUT2D eigenvalue weighted by Gasteiger charge is -2.26. The van der Waals surface area contributed by atoms with Crippen molar-refractivity contribution in [3.8, 4) is 0 Å². The van der Waals surface area contributed by atoms with E-state index < -0.39 is 0 Å². The molecule has 0 bridgehead atoms. The third kappa shape index (κ3) is 1.80. The topological polar surface area (TPSA) is 50.2 Å². The molecule has 0 radical (unpaired) electrons. The van der Waals surface area contributed by atoms with Crippen LogP contribution in [0.5, 0.6) is 0 Å². The highest BCUT2D eigenvalue weighted by Gasteiger charge is 2.45. The Morgan fingerprint density at radius 1 is 1.33 bits per heavy atom. The van der Waals surface area contributed by atoms with Crippen LogP contribution < -0.4 is 5.32 Å². The first kappa shape index (κ1) is 12.8. The van der Waals surface area contributed by atoms with Gasteiger partial charge in [0, 0.05) is 37.6 Å². The molecule has 2 saturated heterocycles. The van der Waals surface area contributed by atoms with Gasteiger partial charge in [0.2, 0.25) is 0 Å². The number of nitrogens with one attached hydrogen (secondary N) is 1. The fraction of sp³-hybridized carbons (Fsp3) is 0.500. The second-order valence-electron chi connectivity index (χ2n) is 6.27. The van der Waals surface area contributed by atoms with Crippen molar-refractivity contribution in [1.82, 2.24) is 20.0 Å². The molecule has 1 amide bonds. The Morgan fingerprint density at radius 2 is 2.14 bits per heavy atom. The van der Waals surface area contributed by atoms with Gasteiger partial charge in [-0.25, -0.2) is 0 Å². The highest BCUT2D eigenvalue weighted by Crippen LogP contribution is 2.34. The zero-order valence-corrected chi connectivity index (χ0v) is 12.4. The van der Waals surface area contributed by atoms with Gasteiger partial charge in [-0.1, -0.05) is 18.2 Å². The summed E-state index contributed by atoms with van der Waals surface area (Å²) in [5, 5.41) is 8.84. The lowest BCUT2D eigenvalue weighted by Crippen LogP contribution is -2.43. The number of hydrogen-bond acceptors (Lipinski definition) is 3. The third-order valence-corrected chi connectivity index (χ3v) is 4.98. The van der Waals surface area contributed by atoms with E-state index in [1.54, 1.807) is 4.68 Å². The monoisotopic (exact) mass is 284 g/mol. The summed E-state index contributed by atoms with van der Waals surface area (Å²) in [5.74, 6) is 0.675. The summed E-state index contributed by atoms with van der Waals surface area (Å²) in [6.45, 7) is 4.09. The molecule has 5 nitrogen and oxygen atoms in total. The van der Waals surface area contributed by atoms with Crippen molar-refractivity contribution < 1.29 is 4.79 Å². The molecule has 2 fully saturated rings. The van der Waals surface area contributed by atoms with Crippen molar-refractivity contribution in [2.75, 3.05) is 13.1 Å². The van der Waals surface area contributed by atoms with Gasteiger partial charge in [0.05, 0.1) is 5.52 Å². The first-order valence-electron chi connectivity index (χ1n) is 7.62. The minimum atomic E-state index is 0.0792. The van der Waals surface area contributed by atoms with Crippen molar-refractivity contribution in [3.63, 3.8) is 0 Å². The van der Waals surface area contributed by atoms with Crippen molar-refractivity contribution in [1.29, 1.82) is 0 Å². The van der Waals surface area contributed by atoms with Gasteiger partial charge in [-0.05, 0) is 25.3 Å². The molecule has 4 rings (SSSR count). The zero-order chi connectivity index (χ0) is 14.6. The second-order valence-corrected chi connectivity index (χ2v) is 6.27. The molecule has 1 aromatic heterocycles. The second kappa shape index (κ2) is 4.56. The number of aromatic nitrogens is 2. The molecule has 0 aliphatic carbocycles. The molecular weight excluding hydrogens is 264 g/mol. The van der Waals surface area contributed by atoms with Gasteiger partial charge in [0.25, 0.3) is 5.91 Å². The molecular formula is C16H20N4O. The zero-order valence-electron chi connectivity index (χ0n) is 12.4. The maximum atomic E-state index is 13.0. The normalized spacial score (nSPS) is 28.3. The first-order chi connectivity index (χ1) is 10.2. The average Bonchev–Trinajstić information content (AvgIpc) is 3.12. The third-order valence-electron chi connectivity index (χ3n) is 4.98. The molecule has 110 valence electrons. The Kier molecular flexibility index (Phi) is 2.79. The van der Waals surface area contributed by atoms with Gasteiger partial charge in [-0.2, -0.15) is 5.10 Å². The molecule has 5 heteroatoms. The van der Waals surface area contributed by atoms with Gasteiger partial charge in [-0.15, -0.1) is 0 Å². The highest BCUT2D eigenvalue weighted by molar-refractivity contribution is 6.05. The van der Waals surface area contributed by atoms with E-state index in [9.17, 15) is 4.79 Å². The van der Waals surface area contributed by atoms with Crippen LogP contribution in [0.2, 0.25) is 0 Å². The van der Waals surface area contributed by atoms with E-state index in [4.69, 9.17) is 0 Å². The summed E-state index contributed by atoms with van der Waals surface area (Å²) in [5.41, 5.74) is 1.60. The largest absolute Gasteiger partial charge is 0.330 e. The first-order valence-corrected chi connectivity index (χ1v) is 7.62. The predicted octanol–water partition coefficient (Wildman–Crippen LogP) is 1.40. The molecule has 3 unspecified atom stereocenters. The summed E-state index contributed by atoms with van der Waals surface area (Å²) in [7, 11) is 1.90. The van der Waals surface area contributed by atoms with Crippen LogP contribution in [0.1, 0.15) is 23.8 Å². The van der Waals surface area contributed by atoms with E-state index in [1.165, 1.54) is 0 Å². The van der Waals surface area contributed by atoms with Crippen molar-refractivity contribution >= 4 is 16.8 Å². The van der Waals surface area contributed by atoms with Crippen molar-refractivity contribution in [2.24, 2.45) is 13.0 Å². The Labute approximate surface area is 123 Å². The Morgan fingerprint density at radius 3 is 3.00 bits per heavy atom. The van der Waals surface area contributed by atoms with E-state index in [0.717, 1.165) is 30.4 Å². The minimum absolute atomic E-state index is 0.0792. The summed E-state index contributed by atoms with van der Waals surface area (Å²) in [6.07, 6.45) is 1.09. The van der Waals surface area contributed by atoms with E-state index in [2.05, 4.69) is 22.2 Å². The summed E-state index contributed by atoms with van der Waals surface area (Å²) in [6, 6.07) is 8.57. The maximum absolute atomic E-state index is 13.0. The minimum Gasteiger partial charge on any atom is -0.330 e. The van der Waals surface area contributed by atoms with Gasteiger partial charge >= 0.3 is 0 Å². The van der Waals surface area contributed by atoms with Crippen LogP contribution in [0, 0.1) is 5.92 Å². The predicted molar refractivity (Wildman–Crippen MR) is 81.1 cm³/mol. The summed E-state index contributed by atoms with van der Waals surface area (Å²) >= 11 is 0. The van der Waals surface area contributed by atoms with Crippen LogP contribution in [-0.2, 0) is 7.05 Å². The van der Waals surface area contributed by atoms with Crippen molar-refractivity contribution in [2.45, 2.75) is 25.4 Å². The maximum Gasteiger partial charge on any atom is 0.275 e. The van der Waals surface area contributed by atoms with Gasteiger partial charge < -0.3 is 10.2 Å². The fourth-order valence-electron chi connectivity index (χ4n) is 4.01. The molecule has 1 aromatic carbocycles. The molecule has 2 aliphatic heterocycles. The van der Waals surface area contributed by atoms with Gasteiger partial charge in [0.1, 0.15) is 0 Å². The summed E-state index contributed by atoms with van der Waals surface area (Å²) < 4.78 is 1.80. The Balaban J connectivity index is 1.76. The lowest BCUT2D eigenvalue weighted by atomic mass is 10.0. The van der Waals surface area contributed by atoms with Gasteiger partial charge in [-0.3, -0.25) is 9.48 Å². The number of benzene rings is 1. The quantitative estimate of drug-likeness (QED) is 0.861. The number of carbonyl (C=O) groups excluding carboxylic acids is 1. The van der Waals surface area contributed by atoms with E-state index in [0.29, 0.717) is 23.7 Å². The Bertz CT molecular complexity index is 707. The van der Waals surface area contributed by atoms with Crippen molar-refractivity contribution in [3.05, 3.63) is 30.0 Å². The number of amides is 1. The SMILES string of the molecule is CC1CC2CNCC2N1C(=O)c1nn(C)c2ccccc12. The molecule has 3 atom stereocenters. The molecule has 2 aromatic rings. The van der Waals surface area contributed by atoms with Crippen LogP contribution in [0.4, 0.5) is 0 Å². The average molecular weight is 284 g/mol. The summed E-state index contributed by atoms with van der Waals surface area (Å²) in [4.78, 5) is 15.1. The number of likely N-dealkylation sites (tertiary alicyclic amines) is 1. The van der Waals surface area contributed by atoms with Crippen LogP contribution in [0.25, 0.3) is 10.9 Å². The standard InChI is InChI=1S/C16H20N4O/c1-10-7-11-8-17-9-14(11)20(10)16(21)15-12-5-3-4-6-13(12)19(2)18-15/h3-6,10-11,14,17H,7-9H2,1-2H3. The fourth-order valence-corrected chi connectivity index (χ4v) is 4.01. The molecule has 0 saturated carbocycles. The number of aryl methyl sites for hydroxylation is 1. The lowest BCUT2D eigenvalue weighted by molar-refractivity contribution is 0.0677. The number of fused-ring (bicyclic) bond motifs is 2. The number of hydrogen-bond donors (Lipinski definition) is 1. The molecule has 3 heterocycles. The number of nitrogens with zero attached hydrogens (tertiary/aromatic N) is 3. The van der Waals surface area contributed by atoms with Crippen LogP contribution in [-0.4, -0.2) is 45.8 Å². The van der Waals surface area contributed by atoms with Gasteiger partial charge in [0.15, 0.2) is 5.69 Å². The van der Waals surface area contributed by atoms with E-state index in [1.807, 2.05) is 31.3 Å². The molecule has 1 N–H and O–H groups in total. The van der Waals surface area contributed by atoms with Crippen LogP contribution in [0.3, 0.4) is 0 Å². The van der Waals surface area contributed by atoms with Crippen LogP contribution >= 0.6 is 0 Å². The number of carbonyl (C=O) groups is 1. The smallest absolute Gasteiger partial charge is 0.275 e. The molecule has 0 spiro atoms. The van der Waals surface area contributed by atoms with Crippen LogP contribution in [0.15, 0.2) is 24.3 Å². The Hall–Kier alpha value is -1.88. The highest BCUT2D eigenvalue weighted by atomic mass is 16.2. The molecule has 2 aliphatic rings. The number of rotatable bonds is 1. The molecule has 21 heavy (non-hydrogen) atoms. The number of para-hydroxylation sites is 1.